The van der Waals surface area contributed by atoms with Crippen LogP contribution in [0.4, 0.5) is 0 Å². The van der Waals surface area contributed by atoms with Crippen LogP contribution >= 0.6 is 34.8 Å². The molecule has 0 saturated carbocycles. The first-order chi connectivity index (χ1) is 7.77. The second kappa shape index (κ2) is 5.88. The summed E-state index contributed by atoms with van der Waals surface area (Å²) in [5, 5.41) is 30.3. The number of amides is 1. The minimum Gasteiger partial charge on any atom is -0.394 e. The number of alkyl halides is 3. The molecule has 0 aromatic rings. The van der Waals surface area contributed by atoms with Crippen LogP contribution < -0.4 is 5.32 Å². The number of carbonyl (C=O) groups is 1. The van der Waals surface area contributed by atoms with Crippen molar-refractivity contribution in [2.75, 3.05) is 13.2 Å². The molecule has 1 heterocycles. The van der Waals surface area contributed by atoms with Crippen molar-refractivity contribution in [1.29, 1.82) is 0 Å². The van der Waals surface area contributed by atoms with Gasteiger partial charge in [-0.3, -0.25) is 4.79 Å². The third-order valence-corrected chi connectivity index (χ3v) is 2.90. The van der Waals surface area contributed by atoms with Gasteiger partial charge in [-0.05, 0) is 0 Å². The number of carbonyl (C=O) groups excluding carboxylic acids is 1. The lowest BCUT2D eigenvalue weighted by molar-refractivity contribution is -0.164. The highest BCUT2D eigenvalue weighted by atomic mass is 35.6. The Kier molecular flexibility index (Phi) is 5.27. The highest BCUT2D eigenvalue weighted by Gasteiger charge is 2.41. The van der Waals surface area contributed by atoms with Crippen molar-refractivity contribution in [1.82, 2.24) is 5.32 Å². The number of halogens is 3. The molecule has 0 unspecified atom stereocenters. The van der Waals surface area contributed by atoms with E-state index in [4.69, 9.17) is 44.6 Å². The molecule has 6 nitrogen and oxygen atoms in total. The molecule has 1 fully saturated rings. The molecule has 1 amide bonds. The van der Waals surface area contributed by atoms with Crippen molar-refractivity contribution in [2.24, 2.45) is 0 Å². The second-order valence-electron chi connectivity index (χ2n) is 3.61. The lowest BCUT2D eigenvalue weighted by Crippen LogP contribution is -2.61. The molecule has 1 aliphatic heterocycles. The Hall–Kier alpha value is 0.180. The number of aliphatic hydroxyl groups excluding tert-OH is 3. The average Bonchev–Trinajstić information content (AvgIpc) is 2.23. The maximum atomic E-state index is 11.3. The molecule has 0 radical (unpaired) electrons. The van der Waals surface area contributed by atoms with Gasteiger partial charge in [-0.1, -0.05) is 34.8 Å². The van der Waals surface area contributed by atoms with Crippen molar-refractivity contribution in [3.63, 3.8) is 0 Å². The van der Waals surface area contributed by atoms with E-state index in [-0.39, 0.29) is 6.61 Å². The van der Waals surface area contributed by atoms with Crippen LogP contribution in [0.15, 0.2) is 0 Å². The van der Waals surface area contributed by atoms with Crippen LogP contribution in [0.1, 0.15) is 0 Å². The maximum Gasteiger partial charge on any atom is 0.272 e. The lowest BCUT2D eigenvalue weighted by atomic mass is 9.98. The highest BCUT2D eigenvalue weighted by Crippen LogP contribution is 2.26. The molecule has 0 spiro atoms. The zero-order valence-corrected chi connectivity index (χ0v) is 10.8. The molecular formula is C8H12Cl3NO5. The molecule has 1 aliphatic rings. The summed E-state index contributed by atoms with van der Waals surface area (Å²) in [6.45, 7) is -0.542. The van der Waals surface area contributed by atoms with Crippen LogP contribution in [0.5, 0.6) is 0 Å². The fourth-order valence-electron chi connectivity index (χ4n) is 1.42. The quantitative estimate of drug-likeness (QED) is 0.488. The van der Waals surface area contributed by atoms with E-state index >= 15 is 0 Å². The lowest BCUT2D eigenvalue weighted by Gasteiger charge is -2.37. The molecule has 100 valence electrons. The summed E-state index contributed by atoms with van der Waals surface area (Å²) >= 11 is 16.0. The molecule has 4 atom stereocenters. The van der Waals surface area contributed by atoms with E-state index in [1.807, 2.05) is 0 Å². The first-order valence-electron chi connectivity index (χ1n) is 4.73. The van der Waals surface area contributed by atoms with Crippen LogP contribution in [-0.4, -0.2) is 62.6 Å². The molecule has 1 saturated heterocycles. The Balaban J connectivity index is 2.60. The number of ether oxygens (including phenoxy) is 1. The van der Waals surface area contributed by atoms with E-state index in [2.05, 4.69) is 5.32 Å². The fourth-order valence-corrected chi connectivity index (χ4v) is 1.58. The minimum absolute atomic E-state index is 0.101. The topological polar surface area (TPSA) is 99.0 Å². The standard InChI is InChI=1S/C8H12Cl3NO5/c9-8(10,11)7(16)12-3-2-17-4(1-13)6(15)5(3)14/h3-6,13-15H,1-2H2,(H,12,16)/t3-,4+,5+,6+/m0/s1. The van der Waals surface area contributed by atoms with Crippen molar-refractivity contribution >= 4 is 40.7 Å². The molecule has 17 heavy (non-hydrogen) atoms. The zero-order chi connectivity index (χ0) is 13.2. The van der Waals surface area contributed by atoms with Gasteiger partial charge in [0, 0.05) is 0 Å². The molecule has 1 rings (SSSR count). The zero-order valence-electron chi connectivity index (χ0n) is 8.52. The van der Waals surface area contributed by atoms with E-state index < -0.39 is 40.7 Å². The third-order valence-electron chi connectivity index (χ3n) is 2.39. The Labute approximate surface area is 112 Å². The summed E-state index contributed by atoms with van der Waals surface area (Å²) in [5.74, 6) is -0.926. The van der Waals surface area contributed by atoms with Gasteiger partial charge in [0.2, 0.25) is 0 Å². The summed E-state index contributed by atoms with van der Waals surface area (Å²) in [6, 6.07) is -0.907. The SMILES string of the molecule is O=C(N[C@H]1CO[C@H](CO)[C@@H](O)[C@@H]1O)C(Cl)(Cl)Cl. The van der Waals surface area contributed by atoms with Gasteiger partial charge >= 0.3 is 0 Å². The van der Waals surface area contributed by atoms with Gasteiger partial charge in [0.25, 0.3) is 9.70 Å². The van der Waals surface area contributed by atoms with Gasteiger partial charge in [-0.15, -0.1) is 0 Å². The van der Waals surface area contributed by atoms with Crippen molar-refractivity contribution in [2.45, 2.75) is 28.1 Å². The largest absolute Gasteiger partial charge is 0.394 e. The smallest absolute Gasteiger partial charge is 0.272 e. The Morgan fingerprint density at radius 3 is 2.41 bits per heavy atom. The van der Waals surface area contributed by atoms with Crippen LogP contribution in [0.2, 0.25) is 0 Å². The van der Waals surface area contributed by atoms with Gasteiger partial charge in [0.15, 0.2) is 0 Å². The highest BCUT2D eigenvalue weighted by molar-refractivity contribution is 6.76. The fraction of sp³-hybridized carbons (Fsp3) is 0.875. The van der Waals surface area contributed by atoms with Crippen LogP contribution in [0.3, 0.4) is 0 Å². The van der Waals surface area contributed by atoms with Crippen LogP contribution in [-0.2, 0) is 9.53 Å². The van der Waals surface area contributed by atoms with Crippen molar-refractivity contribution in [3.8, 4) is 0 Å². The van der Waals surface area contributed by atoms with E-state index in [0.29, 0.717) is 0 Å². The summed E-state index contributed by atoms with van der Waals surface area (Å²) in [7, 11) is 0. The Bertz CT molecular complexity index is 285. The first-order valence-corrected chi connectivity index (χ1v) is 5.87. The Morgan fingerprint density at radius 1 is 1.35 bits per heavy atom. The van der Waals surface area contributed by atoms with Gasteiger partial charge in [0.1, 0.15) is 18.3 Å². The monoisotopic (exact) mass is 307 g/mol. The summed E-state index contributed by atoms with van der Waals surface area (Å²) in [6.07, 6.45) is -3.53. The second-order valence-corrected chi connectivity index (χ2v) is 5.89. The molecule has 0 aromatic heterocycles. The van der Waals surface area contributed by atoms with Crippen LogP contribution in [0, 0.1) is 0 Å². The summed E-state index contributed by atoms with van der Waals surface area (Å²) < 4.78 is 2.88. The number of hydrogen-bond donors (Lipinski definition) is 4. The van der Waals surface area contributed by atoms with Gasteiger partial charge in [-0.2, -0.15) is 0 Å². The number of rotatable bonds is 2. The van der Waals surface area contributed by atoms with Gasteiger partial charge in [-0.25, -0.2) is 0 Å². The molecule has 0 aliphatic carbocycles. The van der Waals surface area contributed by atoms with E-state index in [1.165, 1.54) is 0 Å². The first kappa shape index (κ1) is 15.2. The number of hydrogen-bond acceptors (Lipinski definition) is 5. The Morgan fingerprint density at radius 2 is 1.94 bits per heavy atom. The summed E-state index contributed by atoms with van der Waals surface area (Å²) in [5.41, 5.74) is 0. The van der Waals surface area contributed by atoms with Gasteiger partial charge < -0.3 is 25.4 Å². The molecule has 0 aromatic carbocycles. The molecule has 4 N–H and O–H groups in total. The normalized spacial score (nSPS) is 34.5. The molecule has 0 bridgehead atoms. The summed E-state index contributed by atoms with van der Waals surface area (Å²) in [4.78, 5) is 11.3. The maximum absolute atomic E-state index is 11.3. The molecular weight excluding hydrogens is 296 g/mol. The number of nitrogens with one attached hydrogen (secondary N) is 1. The van der Waals surface area contributed by atoms with Gasteiger partial charge in [0.05, 0.1) is 19.3 Å². The predicted molar refractivity (Wildman–Crippen MR) is 61.1 cm³/mol. The average molecular weight is 309 g/mol. The van der Waals surface area contributed by atoms with Crippen molar-refractivity contribution in [3.05, 3.63) is 0 Å². The predicted octanol–water partition coefficient (Wildman–Crippen LogP) is -1.05. The molecule has 9 heteroatoms. The van der Waals surface area contributed by atoms with Crippen LogP contribution in [0.25, 0.3) is 0 Å². The van der Waals surface area contributed by atoms with Crippen molar-refractivity contribution < 1.29 is 24.9 Å². The minimum atomic E-state index is -2.15. The van der Waals surface area contributed by atoms with E-state index in [0.717, 1.165) is 0 Å². The number of aliphatic hydroxyl groups is 3. The van der Waals surface area contributed by atoms with E-state index in [1.54, 1.807) is 0 Å². The third kappa shape index (κ3) is 3.82. The van der Waals surface area contributed by atoms with E-state index in [9.17, 15) is 15.0 Å².